The van der Waals surface area contributed by atoms with Gasteiger partial charge < -0.3 is 15.4 Å². The van der Waals surface area contributed by atoms with Gasteiger partial charge in [-0.1, -0.05) is 12.1 Å². The highest BCUT2D eigenvalue weighted by molar-refractivity contribution is 5.67. The van der Waals surface area contributed by atoms with Crippen LogP contribution in [0.4, 0.5) is 17.1 Å². The molecule has 0 aromatic heterocycles. The lowest BCUT2D eigenvalue weighted by molar-refractivity contribution is 0.244. The van der Waals surface area contributed by atoms with E-state index in [1.54, 1.807) is 0 Å². The maximum Gasteiger partial charge on any atom is 0.143 e. The van der Waals surface area contributed by atoms with Crippen LogP contribution >= 0.6 is 0 Å². The largest absolute Gasteiger partial charge is 0.489 e. The Labute approximate surface area is 114 Å². The van der Waals surface area contributed by atoms with E-state index in [-0.39, 0.29) is 6.10 Å². The van der Waals surface area contributed by atoms with Gasteiger partial charge in [0.15, 0.2) is 0 Å². The van der Waals surface area contributed by atoms with Crippen LogP contribution in [0.2, 0.25) is 0 Å². The molecule has 0 saturated heterocycles. The summed E-state index contributed by atoms with van der Waals surface area (Å²) < 4.78 is 5.79. The third kappa shape index (κ3) is 3.65. The van der Waals surface area contributed by atoms with Crippen molar-refractivity contribution in [2.45, 2.75) is 20.0 Å². The normalized spacial score (nSPS) is 10.3. The average molecular weight is 256 g/mol. The van der Waals surface area contributed by atoms with E-state index in [2.05, 4.69) is 10.6 Å². The molecular weight excluding hydrogens is 236 g/mol. The van der Waals surface area contributed by atoms with Gasteiger partial charge in [0.05, 0.1) is 11.8 Å². The molecular formula is C16H20N2O. The molecule has 2 N–H and O–H groups in total. The maximum absolute atomic E-state index is 5.79. The lowest BCUT2D eigenvalue weighted by atomic mass is 10.2. The summed E-state index contributed by atoms with van der Waals surface area (Å²) in [7, 11) is 1.91. The molecule has 0 spiro atoms. The fourth-order valence-electron chi connectivity index (χ4n) is 1.80. The number of benzene rings is 2. The summed E-state index contributed by atoms with van der Waals surface area (Å²) in [5.74, 6) is 0.871. The summed E-state index contributed by atoms with van der Waals surface area (Å²) in [6, 6.07) is 16.1. The third-order valence-corrected chi connectivity index (χ3v) is 2.70. The lowest BCUT2D eigenvalue weighted by Crippen LogP contribution is -2.07. The van der Waals surface area contributed by atoms with E-state index in [9.17, 15) is 0 Å². The minimum atomic E-state index is 0.162. The van der Waals surface area contributed by atoms with E-state index in [0.717, 1.165) is 22.8 Å². The van der Waals surface area contributed by atoms with Crippen LogP contribution in [0.1, 0.15) is 13.8 Å². The molecule has 0 saturated carbocycles. The van der Waals surface area contributed by atoms with Gasteiger partial charge in [0.25, 0.3) is 0 Å². The van der Waals surface area contributed by atoms with Crippen molar-refractivity contribution in [2.24, 2.45) is 0 Å². The van der Waals surface area contributed by atoms with Gasteiger partial charge in [0.2, 0.25) is 0 Å². The second kappa shape index (κ2) is 6.14. The van der Waals surface area contributed by atoms with E-state index >= 15 is 0 Å². The highest BCUT2D eigenvalue weighted by Crippen LogP contribution is 2.28. The molecule has 0 radical (unpaired) electrons. The van der Waals surface area contributed by atoms with E-state index in [0.29, 0.717) is 0 Å². The van der Waals surface area contributed by atoms with Crippen molar-refractivity contribution < 1.29 is 4.74 Å². The number of ether oxygens (including phenoxy) is 1. The summed E-state index contributed by atoms with van der Waals surface area (Å²) in [6.45, 7) is 4.05. The summed E-state index contributed by atoms with van der Waals surface area (Å²) >= 11 is 0. The van der Waals surface area contributed by atoms with Crippen molar-refractivity contribution in [1.29, 1.82) is 0 Å². The van der Waals surface area contributed by atoms with Crippen LogP contribution in [-0.2, 0) is 0 Å². The Kier molecular flexibility index (Phi) is 4.29. The maximum atomic E-state index is 5.79. The molecule has 3 heteroatoms. The van der Waals surface area contributed by atoms with Crippen molar-refractivity contribution in [3.8, 4) is 5.75 Å². The van der Waals surface area contributed by atoms with Gasteiger partial charge in [0.1, 0.15) is 5.75 Å². The molecule has 19 heavy (non-hydrogen) atoms. The highest BCUT2D eigenvalue weighted by Gasteiger charge is 2.05. The van der Waals surface area contributed by atoms with E-state index < -0.39 is 0 Å². The molecule has 0 unspecified atom stereocenters. The van der Waals surface area contributed by atoms with Crippen LogP contribution in [0, 0.1) is 0 Å². The number of hydrogen-bond acceptors (Lipinski definition) is 3. The van der Waals surface area contributed by atoms with Gasteiger partial charge in [-0.15, -0.1) is 0 Å². The van der Waals surface area contributed by atoms with Crippen molar-refractivity contribution in [3.05, 3.63) is 48.5 Å². The topological polar surface area (TPSA) is 33.3 Å². The predicted octanol–water partition coefficient (Wildman–Crippen LogP) is 4.26. The van der Waals surface area contributed by atoms with Crippen LogP contribution in [0.5, 0.6) is 5.75 Å². The summed E-state index contributed by atoms with van der Waals surface area (Å²) in [5, 5.41) is 6.48. The van der Waals surface area contributed by atoms with Crippen LogP contribution < -0.4 is 15.4 Å². The fraction of sp³-hybridized carbons (Fsp3) is 0.250. The Balaban J connectivity index is 2.17. The molecule has 0 fully saturated rings. The Hall–Kier alpha value is -2.16. The number of nitrogens with one attached hydrogen (secondary N) is 2. The zero-order valence-electron chi connectivity index (χ0n) is 11.6. The molecule has 100 valence electrons. The van der Waals surface area contributed by atoms with Gasteiger partial charge >= 0.3 is 0 Å². The number of anilines is 3. The van der Waals surface area contributed by atoms with Gasteiger partial charge in [0, 0.05) is 18.4 Å². The second-order valence-corrected chi connectivity index (χ2v) is 4.62. The smallest absolute Gasteiger partial charge is 0.143 e. The first-order chi connectivity index (χ1) is 9.19. The van der Waals surface area contributed by atoms with Gasteiger partial charge in [-0.2, -0.15) is 0 Å². The van der Waals surface area contributed by atoms with Crippen LogP contribution in [-0.4, -0.2) is 13.2 Å². The van der Waals surface area contributed by atoms with Crippen LogP contribution in [0.15, 0.2) is 48.5 Å². The standard InChI is InChI=1S/C16H20N2O/c1-12(2)19-16-7-5-4-6-15(16)18-14-10-8-13(17-3)9-11-14/h4-12,17-18H,1-3H3. The minimum absolute atomic E-state index is 0.162. The van der Waals surface area contributed by atoms with Crippen molar-refractivity contribution in [1.82, 2.24) is 0 Å². The highest BCUT2D eigenvalue weighted by atomic mass is 16.5. The first-order valence-electron chi connectivity index (χ1n) is 6.49. The first kappa shape index (κ1) is 13.3. The van der Waals surface area contributed by atoms with E-state index in [4.69, 9.17) is 4.74 Å². The Morgan fingerprint density at radius 3 is 2.16 bits per heavy atom. The molecule has 0 aliphatic rings. The summed E-state index contributed by atoms with van der Waals surface area (Å²) in [4.78, 5) is 0. The fourth-order valence-corrected chi connectivity index (χ4v) is 1.80. The third-order valence-electron chi connectivity index (χ3n) is 2.70. The summed E-state index contributed by atoms with van der Waals surface area (Å²) in [6.07, 6.45) is 0.162. The molecule has 0 heterocycles. The first-order valence-corrected chi connectivity index (χ1v) is 6.49. The quantitative estimate of drug-likeness (QED) is 0.838. The lowest BCUT2D eigenvalue weighted by Gasteiger charge is -2.15. The van der Waals surface area contributed by atoms with E-state index in [1.165, 1.54) is 0 Å². The zero-order chi connectivity index (χ0) is 13.7. The zero-order valence-corrected chi connectivity index (χ0v) is 11.6. The van der Waals surface area contributed by atoms with Crippen LogP contribution in [0.25, 0.3) is 0 Å². The molecule has 2 aromatic carbocycles. The number of hydrogen-bond donors (Lipinski definition) is 2. The molecule has 0 bridgehead atoms. The molecule has 0 atom stereocenters. The molecule has 3 nitrogen and oxygen atoms in total. The van der Waals surface area contributed by atoms with Crippen LogP contribution in [0.3, 0.4) is 0 Å². The van der Waals surface area contributed by atoms with Gasteiger partial charge in [-0.25, -0.2) is 0 Å². The van der Waals surface area contributed by atoms with Gasteiger partial charge in [-0.3, -0.25) is 0 Å². The molecule has 0 aliphatic carbocycles. The Bertz CT molecular complexity index is 521. The van der Waals surface area contributed by atoms with E-state index in [1.807, 2.05) is 69.4 Å². The average Bonchev–Trinajstić information content (AvgIpc) is 2.41. The SMILES string of the molecule is CNc1ccc(Nc2ccccc2OC(C)C)cc1. The molecule has 0 amide bonds. The second-order valence-electron chi connectivity index (χ2n) is 4.62. The van der Waals surface area contributed by atoms with Gasteiger partial charge in [-0.05, 0) is 50.2 Å². The molecule has 2 rings (SSSR count). The number of rotatable bonds is 5. The van der Waals surface area contributed by atoms with Crippen molar-refractivity contribution in [2.75, 3.05) is 17.7 Å². The predicted molar refractivity (Wildman–Crippen MR) is 81.5 cm³/mol. The van der Waals surface area contributed by atoms with Crippen molar-refractivity contribution in [3.63, 3.8) is 0 Å². The number of para-hydroxylation sites is 2. The molecule has 2 aromatic rings. The monoisotopic (exact) mass is 256 g/mol. The minimum Gasteiger partial charge on any atom is -0.489 e. The molecule has 0 aliphatic heterocycles. The Morgan fingerprint density at radius 1 is 0.895 bits per heavy atom. The summed E-state index contributed by atoms with van der Waals surface area (Å²) in [5.41, 5.74) is 3.12. The van der Waals surface area contributed by atoms with Crippen molar-refractivity contribution >= 4 is 17.1 Å². The Morgan fingerprint density at radius 2 is 1.53 bits per heavy atom.